The number of oxime groups is 1. The van der Waals surface area contributed by atoms with Gasteiger partial charge in [-0.15, -0.1) is 0 Å². The Morgan fingerprint density at radius 1 is 1.47 bits per heavy atom. The lowest BCUT2D eigenvalue weighted by Gasteiger charge is -2.23. The maximum atomic E-state index is 12.2. The summed E-state index contributed by atoms with van der Waals surface area (Å²) in [4.78, 5) is 12.2. The Bertz CT molecular complexity index is 331. The predicted molar refractivity (Wildman–Crippen MR) is 75.9 cm³/mol. The Hall–Kier alpha value is -1.26. The molecule has 1 fully saturated rings. The van der Waals surface area contributed by atoms with Gasteiger partial charge in [-0.1, -0.05) is 38.8 Å². The van der Waals surface area contributed by atoms with E-state index in [4.69, 9.17) is 10.9 Å². The number of nitrogens with zero attached hydrogens (tertiary/aromatic N) is 1. The smallest absolute Gasteiger partial charge is 0.231 e. The molecule has 1 aliphatic rings. The molecule has 0 aliphatic heterocycles. The van der Waals surface area contributed by atoms with E-state index in [1.54, 1.807) is 0 Å². The number of amides is 1. The second-order valence-corrected chi connectivity index (χ2v) is 5.59. The van der Waals surface area contributed by atoms with Gasteiger partial charge in [0, 0.05) is 6.04 Å². The fourth-order valence-corrected chi connectivity index (χ4v) is 3.08. The van der Waals surface area contributed by atoms with Crippen molar-refractivity contribution in [2.24, 2.45) is 28.6 Å². The number of hydrogen-bond donors (Lipinski definition) is 3. The highest BCUT2D eigenvalue weighted by atomic mass is 16.4. The molecule has 0 heterocycles. The van der Waals surface area contributed by atoms with Crippen molar-refractivity contribution in [2.45, 2.75) is 58.9 Å². The van der Waals surface area contributed by atoms with Crippen LogP contribution in [0.25, 0.3) is 0 Å². The van der Waals surface area contributed by atoms with Gasteiger partial charge in [-0.25, -0.2) is 0 Å². The number of nitrogens with two attached hydrogens (primary N) is 1. The van der Waals surface area contributed by atoms with E-state index in [1.807, 2.05) is 6.92 Å². The van der Waals surface area contributed by atoms with Crippen LogP contribution in [0.2, 0.25) is 0 Å². The first-order chi connectivity index (χ1) is 9.04. The van der Waals surface area contributed by atoms with Crippen LogP contribution in [0.4, 0.5) is 0 Å². The minimum Gasteiger partial charge on any atom is -0.409 e. The Morgan fingerprint density at radius 2 is 2.16 bits per heavy atom. The van der Waals surface area contributed by atoms with Crippen molar-refractivity contribution in [2.75, 3.05) is 0 Å². The molecule has 5 nitrogen and oxygen atoms in total. The number of hydrogen-bond acceptors (Lipinski definition) is 3. The summed E-state index contributed by atoms with van der Waals surface area (Å²) in [7, 11) is 0. The first-order valence-corrected chi connectivity index (χ1v) is 7.32. The molecule has 1 amide bonds. The monoisotopic (exact) mass is 269 g/mol. The lowest BCUT2D eigenvalue weighted by Crippen LogP contribution is -2.45. The summed E-state index contributed by atoms with van der Waals surface area (Å²) >= 11 is 0. The van der Waals surface area contributed by atoms with E-state index in [2.05, 4.69) is 24.3 Å². The minimum atomic E-state index is -0.511. The van der Waals surface area contributed by atoms with E-state index >= 15 is 0 Å². The van der Waals surface area contributed by atoms with E-state index in [-0.39, 0.29) is 17.8 Å². The van der Waals surface area contributed by atoms with Gasteiger partial charge < -0.3 is 16.3 Å². The lowest BCUT2D eigenvalue weighted by atomic mass is 9.93. The molecule has 0 saturated heterocycles. The summed E-state index contributed by atoms with van der Waals surface area (Å²) in [5.74, 6) is 0.591. The molecule has 4 N–H and O–H groups in total. The van der Waals surface area contributed by atoms with Crippen molar-refractivity contribution >= 4 is 11.7 Å². The molecule has 0 spiro atoms. The fraction of sp³-hybridized carbons (Fsp3) is 0.857. The normalized spacial score (nSPS) is 29.2. The summed E-state index contributed by atoms with van der Waals surface area (Å²) in [6.07, 6.45) is 4.80. The van der Waals surface area contributed by atoms with Crippen molar-refractivity contribution in [3.8, 4) is 0 Å². The van der Waals surface area contributed by atoms with Crippen LogP contribution < -0.4 is 11.1 Å². The molecular formula is C14H27N3O2. The Balaban J connectivity index is 2.62. The third-order valence-corrected chi connectivity index (χ3v) is 4.45. The van der Waals surface area contributed by atoms with Crippen molar-refractivity contribution in [3.05, 3.63) is 0 Å². The van der Waals surface area contributed by atoms with Gasteiger partial charge in [0.05, 0.1) is 5.92 Å². The molecule has 0 radical (unpaired) electrons. The number of carbonyl (C=O) groups excluding carboxylic acids is 1. The summed E-state index contributed by atoms with van der Waals surface area (Å²) in [6.45, 7) is 6.38. The first-order valence-electron chi connectivity index (χ1n) is 7.32. The van der Waals surface area contributed by atoms with Crippen molar-refractivity contribution in [1.82, 2.24) is 5.32 Å². The van der Waals surface area contributed by atoms with E-state index in [9.17, 15) is 4.79 Å². The van der Waals surface area contributed by atoms with E-state index in [0.29, 0.717) is 18.3 Å². The molecule has 0 bridgehead atoms. The molecule has 4 atom stereocenters. The van der Waals surface area contributed by atoms with Gasteiger partial charge in [-0.3, -0.25) is 4.79 Å². The van der Waals surface area contributed by atoms with Gasteiger partial charge in [-0.05, 0) is 31.1 Å². The fourth-order valence-electron chi connectivity index (χ4n) is 3.08. The highest BCUT2D eigenvalue weighted by Gasteiger charge is 2.34. The summed E-state index contributed by atoms with van der Waals surface area (Å²) < 4.78 is 0. The maximum absolute atomic E-state index is 12.2. The number of rotatable bonds is 6. The van der Waals surface area contributed by atoms with Crippen LogP contribution in [0, 0.1) is 17.8 Å². The van der Waals surface area contributed by atoms with Crippen LogP contribution in [0.15, 0.2) is 5.16 Å². The van der Waals surface area contributed by atoms with Crippen LogP contribution in [0.5, 0.6) is 0 Å². The highest BCUT2D eigenvalue weighted by molar-refractivity contribution is 6.02. The Morgan fingerprint density at radius 3 is 2.63 bits per heavy atom. The Kier molecular flexibility index (Phi) is 6.12. The third-order valence-electron chi connectivity index (χ3n) is 4.45. The molecule has 1 aliphatic carbocycles. The van der Waals surface area contributed by atoms with E-state index in [0.717, 1.165) is 19.3 Å². The van der Waals surface area contributed by atoms with E-state index < -0.39 is 5.92 Å². The largest absolute Gasteiger partial charge is 0.409 e. The van der Waals surface area contributed by atoms with Crippen molar-refractivity contribution in [1.29, 1.82) is 0 Å². The van der Waals surface area contributed by atoms with Crippen LogP contribution in [-0.2, 0) is 4.79 Å². The molecular weight excluding hydrogens is 242 g/mol. The average molecular weight is 269 g/mol. The molecule has 1 rings (SSSR count). The average Bonchev–Trinajstić information content (AvgIpc) is 2.75. The van der Waals surface area contributed by atoms with Crippen molar-refractivity contribution in [3.63, 3.8) is 0 Å². The zero-order valence-electron chi connectivity index (χ0n) is 12.2. The summed E-state index contributed by atoms with van der Waals surface area (Å²) in [5.41, 5.74) is 5.61. The molecule has 4 unspecified atom stereocenters. The lowest BCUT2D eigenvalue weighted by molar-refractivity contribution is -0.124. The quantitative estimate of drug-likeness (QED) is 0.298. The zero-order chi connectivity index (χ0) is 14.4. The minimum absolute atomic E-state index is 0.0111. The van der Waals surface area contributed by atoms with Crippen LogP contribution in [-0.4, -0.2) is 23.0 Å². The van der Waals surface area contributed by atoms with Gasteiger partial charge in [0.2, 0.25) is 5.91 Å². The molecule has 5 heteroatoms. The van der Waals surface area contributed by atoms with Gasteiger partial charge in [0.15, 0.2) is 5.84 Å². The summed E-state index contributed by atoms with van der Waals surface area (Å²) in [6, 6.07) is 0.225. The standard InChI is InChI=1S/C14H27N3O2/c1-4-6-11(13(15)17-19)14(18)16-12-8-7-10(5-2)9(12)3/h9-12,19H,4-8H2,1-3H3,(H2,15,17)(H,16,18). The predicted octanol–water partition coefficient (Wildman–Crippen LogP) is 2.09. The molecule has 19 heavy (non-hydrogen) atoms. The molecule has 0 aromatic rings. The zero-order valence-corrected chi connectivity index (χ0v) is 12.2. The van der Waals surface area contributed by atoms with Gasteiger partial charge >= 0.3 is 0 Å². The van der Waals surface area contributed by atoms with Gasteiger partial charge in [0.1, 0.15) is 0 Å². The highest BCUT2D eigenvalue weighted by Crippen LogP contribution is 2.34. The molecule has 110 valence electrons. The SMILES string of the molecule is CCCC(C(=O)NC1CCC(CC)C1C)C(N)=NO. The number of amidine groups is 1. The number of nitrogens with one attached hydrogen (secondary N) is 1. The summed E-state index contributed by atoms with van der Waals surface area (Å²) in [5, 5.41) is 14.8. The van der Waals surface area contributed by atoms with Crippen LogP contribution in [0.3, 0.4) is 0 Å². The van der Waals surface area contributed by atoms with Crippen LogP contribution >= 0.6 is 0 Å². The first kappa shape index (κ1) is 15.8. The number of carbonyl (C=O) groups is 1. The second-order valence-electron chi connectivity index (χ2n) is 5.59. The van der Waals surface area contributed by atoms with Gasteiger partial charge in [0.25, 0.3) is 0 Å². The maximum Gasteiger partial charge on any atom is 0.231 e. The van der Waals surface area contributed by atoms with E-state index in [1.165, 1.54) is 6.42 Å². The molecule has 1 saturated carbocycles. The second kappa shape index (κ2) is 7.36. The van der Waals surface area contributed by atoms with Crippen LogP contribution in [0.1, 0.15) is 52.9 Å². The Labute approximate surface area is 115 Å². The molecule has 0 aromatic heterocycles. The molecule has 0 aromatic carbocycles. The van der Waals surface area contributed by atoms with Crippen molar-refractivity contribution < 1.29 is 10.0 Å². The third kappa shape index (κ3) is 3.85. The van der Waals surface area contributed by atoms with Gasteiger partial charge in [-0.2, -0.15) is 0 Å². The topological polar surface area (TPSA) is 87.7 Å².